The molecule has 2 N–H and O–H groups in total. The molecule has 0 aliphatic carbocycles. The first-order chi connectivity index (χ1) is 9.27. The highest BCUT2D eigenvalue weighted by Gasteiger charge is 2.31. The third-order valence-corrected chi connectivity index (χ3v) is 5.73. The Bertz CT molecular complexity index is 654. The number of alkyl halides is 3. The lowest BCUT2D eigenvalue weighted by molar-refractivity contribution is -0.137. The molecular formula is C12H9BrF3NOS2. The maximum absolute atomic E-state index is 12.5. The normalized spacial score (nSPS) is 13.4. The Labute approximate surface area is 128 Å². The summed E-state index contributed by atoms with van der Waals surface area (Å²) >= 11 is 4.72. The first-order valence-corrected chi connectivity index (χ1v) is 8.29. The molecule has 1 unspecified atom stereocenters. The van der Waals surface area contributed by atoms with E-state index in [4.69, 9.17) is 5.73 Å². The zero-order chi connectivity index (χ0) is 14.9. The van der Waals surface area contributed by atoms with Gasteiger partial charge in [0.25, 0.3) is 0 Å². The third-order valence-electron chi connectivity index (χ3n) is 2.48. The lowest BCUT2D eigenvalue weighted by Crippen LogP contribution is -2.07. The standard InChI is InChI=1S/C12H9BrF3NOS2/c13-11-4-2-8(19-11)6-20(18)10-3-1-7(5-9(10)17)12(14,15)16/h1-5H,6,17H2. The Morgan fingerprint density at radius 2 is 1.95 bits per heavy atom. The largest absolute Gasteiger partial charge is 0.416 e. The van der Waals surface area contributed by atoms with Crippen LogP contribution in [0.25, 0.3) is 0 Å². The summed E-state index contributed by atoms with van der Waals surface area (Å²) in [6.45, 7) is 0. The van der Waals surface area contributed by atoms with Crippen LogP contribution < -0.4 is 5.73 Å². The molecule has 8 heteroatoms. The SMILES string of the molecule is Nc1cc(C(F)(F)F)ccc1S(=O)Cc1ccc(Br)s1. The summed E-state index contributed by atoms with van der Waals surface area (Å²) in [7, 11) is -1.47. The minimum atomic E-state index is -4.45. The van der Waals surface area contributed by atoms with Gasteiger partial charge in [0, 0.05) is 10.6 Å². The second kappa shape index (κ2) is 5.87. The van der Waals surface area contributed by atoms with Crippen LogP contribution in [0, 0.1) is 0 Å². The van der Waals surface area contributed by atoms with Crippen molar-refractivity contribution in [2.24, 2.45) is 0 Å². The van der Waals surface area contributed by atoms with Crippen molar-refractivity contribution in [2.45, 2.75) is 16.8 Å². The van der Waals surface area contributed by atoms with Gasteiger partial charge >= 0.3 is 6.18 Å². The number of thiophene rings is 1. The molecule has 0 amide bonds. The van der Waals surface area contributed by atoms with Crippen LogP contribution in [0.4, 0.5) is 18.9 Å². The van der Waals surface area contributed by atoms with Crippen molar-refractivity contribution >= 4 is 43.8 Å². The monoisotopic (exact) mass is 383 g/mol. The second-order valence-corrected chi connectivity index (χ2v) is 7.91. The Balaban J connectivity index is 2.22. The minimum absolute atomic E-state index is 0.103. The molecule has 0 radical (unpaired) electrons. The summed E-state index contributed by atoms with van der Waals surface area (Å²) in [5.74, 6) is 0.228. The molecule has 0 aliphatic rings. The van der Waals surface area contributed by atoms with Gasteiger partial charge in [0.05, 0.1) is 30.8 Å². The number of hydrogen-bond donors (Lipinski definition) is 1. The van der Waals surface area contributed by atoms with E-state index in [1.807, 2.05) is 12.1 Å². The van der Waals surface area contributed by atoms with Crippen molar-refractivity contribution in [3.8, 4) is 0 Å². The number of rotatable bonds is 3. The van der Waals surface area contributed by atoms with Crippen molar-refractivity contribution in [1.29, 1.82) is 0 Å². The molecule has 1 aromatic heterocycles. The molecular weight excluding hydrogens is 375 g/mol. The van der Waals surface area contributed by atoms with E-state index in [1.165, 1.54) is 17.4 Å². The topological polar surface area (TPSA) is 43.1 Å². The maximum Gasteiger partial charge on any atom is 0.416 e. The van der Waals surface area contributed by atoms with E-state index in [0.717, 1.165) is 20.8 Å². The Hall–Kier alpha value is -0.860. The van der Waals surface area contributed by atoms with Gasteiger partial charge in [0.15, 0.2) is 0 Å². The van der Waals surface area contributed by atoms with Gasteiger partial charge in [-0.2, -0.15) is 13.2 Å². The van der Waals surface area contributed by atoms with E-state index in [2.05, 4.69) is 15.9 Å². The molecule has 2 aromatic rings. The summed E-state index contributed by atoms with van der Waals surface area (Å²) in [6.07, 6.45) is -4.45. The minimum Gasteiger partial charge on any atom is -0.398 e. The van der Waals surface area contributed by atoms with Gasteiger partial charge in [-0.3, -0.25) is 4.21 Å². The Morgan fingerprint density at radius 3 is 2.45 bits per heavy atom. The van der Waals surface area contributed by atoms with Crippen LogP contribution in [-0.4, -0.2) is 4.21 Å². The van der Waals surface area contributed by atoms with Crippen LogP contribution in [0.1, 0.15) is 10.4 Å². The molecule has 1 atom stereocenters. The molecule has 0 bridgehead atoms. The van der Waals surface area contributed by atoms with Gasteiger partial charge in [-0.05, 0) is 46.3 Å². The molecule has 2 nitrogen and oxygen atoms in total. The van der Waals surface area contributed by atoms with E-state index >= 15 is 0 Å². The lowest BCUT2D eigenvalue weighted by atomic mass is 10.2. The van der Waals surface area contributed by atoms with Crippen molar-refractivity contribution < 1.29 is 17.4 Å². The fourth-order valence-corrected chi connectivity index (χ4v) is 4.46. The lowest BCUT2D eigenvalue weighted by Gasteiger charge is -2.10. The molecule has 108 valence electrons. The van der Waals surface area contributed by atoms with E-state index in [1.54, 1.807) is 0 Å². The Morgan fingerprint density at radius 1 is 1.25 bits per heavy atom. The maximum atomic E-state index is 12.5. The predicted octanol–water partition coefficient (Wildman–Crippen LogP) is 4.42. The summed E-state index contributed by atoms with van der Waals surface area (Å²) in [5.41, 5.74) is 4.64. The Kier molecular flexibility index (Phi) is 4.55. The summed E-state index contributed by atoms with van der Waals surface area (Å²) in [5, 5.41) is 0. The molecule has 0 aliphatic heterocycles. The number of halogens is 4. The van der Waals surface area contributed by atoms with Crippen molar-refractivity contribution in [2.75, 3.05) is 5.73 Å². The third kappa shape index (κ3) is 3.62. The molecule has 0 saturated heterocycles. The van der Waals surface area contributed by atoms with E-state index in [-0.39, 0.29) is 16.3 Å². The van der Waals surface area contributed by atoms with Crippen LogP contribution in [-0.2, 0) is 22.7 Å². The van der Waals surface area contributed by atoms with E-state index < -0.39 is 22.5 Å². The van der Waals surface area contributed by atoms with Gasteiger partial charge in [-0.25, -0.2) is 0 Å². The fourth-order valence-electron chi connectivity index (χ4n) is 1.57. The van der Waals surface area contributed by atoms with Gasteiger partial charge < -0.3 is 5.73 Å². The van der Waals surface area contributed by atoms with E-state index in [0.29, 0.717) is 0 Å². The highest BCUT2D eigenvalue weighted by Crippen LogP contribution is 2.33. The van der Waals surface area contributed by atoms with Crippen molar-refractivity contribution in [3.05, 3.63) is 44.6 Å². The average molecular weight is 384 g/mol. The van der Waals surface area contributed by atoms with Crippen molar-refractivity contribution in [3.63, 3.8) is 0 Å². The van der Waals surface area contributed by atoms with Gasteiger partial charge in [-0.1, -0.05) is 0 Å². The molecule has 0 fully saturated rings. The van der Waals surface area contributed by atoms with Gasteiger partial charge in [0.1, 0.15) is 0 Å². The van der Waals surface area contributed by atoms with Crippen LogP contribution in [0.5, 0.6) is 0 Å². The highest BCUT2D eigenvalue weighted by atomic mass is 79.9. The summed E-state index contributed by atoms with van der Waals surface area (Å²) < 4.78 is 50.6. The van der Waals surface area contributed by atoms with Crippen LogP contribution in [0.15, 0.2) is 39.0 Å². The first kappa shape index (κ1) is 15.5. The number of nitrogens with two attached hydrogens (primary N) is 1. The first-order valence-electron chi connectivity index (χ1n) is 5.36. The quantitative estimate of drug-likeness (QED) is 0.797. The second-order valence-electron chi connectivity index (χ2n) is 3.95. The fraction of sp³-hybridized carbons (Fsp3) is 0.167. The molecule has 0 saturated carbocycles. The number of nitrogen functional groups attached to an aromatic ring is 1. The van der Waals surface area contributed by atoms with Crippen LogP contribution in [0.3, 0.4) is 0 Å². The number of benzene rings is 1. The molecule has 20 heavy (non-hydrogen) atoms. The van der Waals surface area contributed by atoms with Crippen LogP contribution >= 0.6 is 27.3 Å². The molecule has 1 aromatic carbocycles. The van der Waals surface area contributed by atoms with Crippen molar-refractivity contribution in [1.82, 2.24) is 0 Å². The summed E-state index contributed by atoms with van der Waals surface area (Å²) in [6, 6.07) is 6.53. The molecule has 0 spiro atoms. The van der Waals surface area contributed by atoms with Gasteiger partial charge in [-0.15, -0.1) is 11.3 Å². The highest BCUT2D eigenvalue weighted by molar-refractivity contribution is 9.11. The molecule has 1 heterocycles. The number of anilines is 1. The summed E-state index contributed by atoms with van der Waals surface area (Å²) in [4.78, 5) is 1.09. The van der Waals surface area contributed by atoms with Gasteiger partial charge in [0.2, 0.25) is 0 Å². The van der Waals surface area contributed by atoms with E-state index in [9.17, 15) is 17.4 Å². The smallest absolute Gasteiger partial charge is 0.398 e. The predicted molar refractivity (Wildman–Crippen MR) is 78.0 cm³/mol. The zero-order valence-electron chi connectivity index (χ0n) is 9.91. The number of hydrogen-bond acceptors (Lipinski definition) is 3. The average Bonchev–Trinajstić information content (AvgIpc) is 2.73. The van der Waals surface area contributed by atoms with Crippen LogP contribution in [0.2, 0.25) is 0 Å². The zero-order valence-corrected chi connectivity index (χ0v) is 13.1. The molecule has 2 rings (SSSR count).